The molecule has 4 fully saturated rings. The van der Waals surface area contributed by atoms with Gasteiger partial charge in [0.15, 0.2) is 0 Å². The van der Waals surface area contributed by atoms with Gasteiger partial charge in [0, 0.05) is 44.7 Å². The first-order valence-electron chi connectivity index (χ1n) is 10.1. The number of carbonyl (C=O) groups excluding carboxylic acids is 1. The third-order valence-corrected chi connectivity index (χ3v) is 7.03. The number of nitrogens with one attached hydrogen (secondary N) is 1. The Hall–Kier alpha value is -0.650. The highest BCUT2D eigenvalue weighted by Gasteiger charge is 2.50. The van der Waals surface area contributed by atoms with E-state index in [1.165, 1.54) is 25.7 Å². The number of hydrogen-bond acceptors (Lipinski definition) is 4. The van der Waals surface area contributed by atoms with E-state index in [2.05, 4.69) is 22.0 Å². The number of amides is 1. The van der Waals surface area contributed by atoms with Crippen LogP contribution in [0.15, 0.2) is 0 Å². The van der Waals surface area contributed by atoms with E-state index >= 15 is 0 Å². The normalized spacial score (nSPS) is 37.7. The van der Waals surface area contributed by atoms with Gasteiger partial charge in [-0.15, -0.1) is 0 Å². The van der Waals surface area contributed by atoms with Crippen LogP contribution in [0.3, 0.4) is 0 Å². The zero-order valence-corrected chi connectivity index (χ0v) is 15.1. The Kier molecular flexibility index (Phi) is 5.11. The lowest BCUT2D eigenvalue weighted by Crippen LogP contribution is -2.44. The molecule has 5 heteroatoms. The Bertz CT molecular complexity index is 448. The lowest BCUT2D eigenvalue weighted by molar-refractivity contribution is -0.129. The van der Waals surface area contributed by atoms with Crippen LogP contribution in [-0.2, 0) is 9.53 Å². The molecule has 2 saturated heterocycles. The van der Waals surface area contributed by atoms with Crippen molar-refractivity contribution in [2.24, 2.45) is 17.8 Å². The minimum Gasteiger partial charge on any atom is -0.379 e. The van der Waals surface area contributed by atoms with Gasteiger partial charge in [-0.2, -0.15) is 0 Å². The number of rotatable bonds is 6. The maximum atomic E-state index is 12.6. The number of ether oxygens (including phenoxy) is 1. The average molecular weight is 335 g/mol. The lowest BCUT2D eigenvalue weighted by Gasteiger charge is -2.31. The van der Waals surface area contributed by atoms with Crippen LogP contribution >= 0.6 is 0 Å². The van der Waals surface area contributed by atoms with E-state index in [4.69, 9.17) is 4.74 Å². The highest BCUT2D eigenvalue weighted by molar-refractivity contribution is 5.79. The van der Waals surface area contributed by atoms with Crippen molar-refractivity contribution in [2.45, 2.75) is 51.1 Å². The molecule has 4 rings (SSSR count). The topological polar surface area (TPSA) is 44.8 Å². The molecule has 0 radical (unpaired) electrons. The highest BCUT2D eigenvalue weighted by atomic mass is 16.5. The lowest BCUT2D eigenvalue weighted by atomic mass is 9.87. The molecule has 24 heavy (non-hydrogen) atoms. The van der Waals surface area contributed by atoms with E-state index < -0.39 is 0 Å². The molecule has 1 amide bonds. The first-order chi connectivity index (χ1) is 11.7. The zero-order chi connectivity index (χ0) is 16.5. The standard InChI is InChI=1S/C19H33N3O2/c1-14-11-18-16(17(14)13-20-15-3-2-4-15)12-19(23)22(18)6-5-21-7-9-24-10-8-21/h14-18,20H,2-13H2,1H3/t14-,16-,17+,18+/m0/s1. The SMILES string of the molecule is C[C@H]1C[C@@H]2[C@@H](CC(=O)N2CCN2CCOCC2)[C@@H]1CNC1CCC1. The molecule has 0 unspecified atom stereocenters. The zero-order valence-electron chi connectivity index (χ0n) is 15.1. The monoisotopic (exact) mass is 335 g/mol. The summed E-state index contributed by atoms with van der Waals surface area (Å²) in [5, 5.41) is 3.77. The highest BCUT2D eigenvalue weighted by Crippen LogP contribution is 2.45. The van der Waals surface area contributed by atoms with Gasteiger partial charge < -0.3 is 15.0 Å². The number of morpholine rings is 1. The minimum absolute atomic E-state index is 0.402. The van der Waals surface area contributed by atoms with Crippen LogP contribution in [0.1, 0.15) is 39.0 Å². The molecule has 2 aliphatic carbocycles. The van der Waals surface area contributed by atoms with Crippen molar-refractivity contribution in [3.63, 3.8) is 0 Å². The Labute approximate surface area is 146 Å². The maximum absolute atomic E-state index is 12.6. The summed E-state index contributed by atoms with van der Waals surface area (Å²) in [7, 11) is 0. The maximum Gasteiger partial charge on any atom is 0.223 e. The van der Waals surface area contributed by atoms with Crippen LogP contribution in [0.4, 0.5) is 0 Å². The summed E-state index contributed by atoms with van der Waals surface area (Å²) in [4.78, 5) is 17.2. The largest absolute Gasteiger partial charge is 0.379 e. The van der Waals surface area contributed by atoms with Crippen molar-refractivity contribution < 1.29 is 9.53 Å². The third-order valence-electron chi connectivity index (χ3n) is 7.03. The van der Waals surface area contributed by atoms with E-state index in [0.717, 1.165) is 64.3 Å². The number of fused-ring (bicyclic) bond motifs is 1. The average Bonchev–Trinajstić information content (AvgIpc) is 2.99. The van der Waals surface area contributed by atoms with Gasteiger partial charge in [0.2, 0.25) is 5.91 Å². The Balaban J connectivity index is 1.31. The van der Waals surface area contributed by atoms with Gasteiger partial charge in [-0.1, -0.05) is 13.3 Å². The summed E-state index contributed by atoms with van der Waals surface area (Å²) in [6.07, 6.45) is 6.07. The fraction of sp³-hybridized carbons (Fsp3) is 0.947. The molecule has 136 valence electrons. The summed E-state index contributed by atoms with van der Waals surface area (Å²) in [5.41, 5.74) is 0. The number of nitrogens with zero attached hydrogens (tertiary/aromatic N) is 2. The second-order valence-corrected chi connectivity index (χ2v) is 8.39. The quantitative estimate of drug-likeness (QED) is 0.795. The van der Waals surface area contributed by atoms with Crippen LogP contribution in [0.2, 0.25) is 0 Å². The predicted molar refractivity (Wildman–Crippen MR) is 93.8 cm³/mol. The molecule has 1 N–H and O–H groups in total. The fourth-order valence-corrected chi connectivity index (χ4v) is 5.22. The van der Waals surface area contributed by atoms with Gasteiger partial charge in [-0.3, -0.25) is 9.69 Å². The predicted octanol–water partition coefficient (Wildman–Crippen LogP) is 1.33. The number of hydrogen-bond donors (Lipinski definition) is 1. The van der Waals surface area contributed by atoms with Crippen molar-refractivity contribution in [1.82, 2.24) is 15.1 Å². The van der Waals surface area contributed by atoms with Crippen molar-refractivity contribution in [3.05, 3.63) is 0 Å². The summed E-state index contributed by atoms with van der Waals surface area (Å²) in [6.45, 7) is 9.15. The Morgan fingerprint density at radius 2 is 2.00 bits per heavy atom. The Morgan fingerprint density at radius 1 is 1.21 bits per heavy atom. The number of likely N-dealkylation sites (tertiary alicyclic amines) is 1. The van der Waals surface area contributed by atoms with Gasteiger partial charge >= 0.3 is 0 Å². The van der Waals surface area contributed by atoms with Gasteiger partial charge in [-0.25, -0.2) is 0 Å². The van der Waals surface area contributed by atoms with Crippen LogP contribution in [0.5, 0.6) is 0 Å². The van der Waals surface area contributed by atoms with E-state index in [0.29, 0.717) is 23.8 Å². The van der Waals surface area contributed by atoms with Crippen LogP contribution in [0.25, 0.3) is 0 Å². The molecule has 0 spiro atoms. The molecule has 0 aromatic rings. The van der Waals surface area contributed by atoms with Crippen molar-refractivity contribution in [3.8, 4) is 0 Å². The Morgan fingerprint density at radius 3 is 2.71 bits per heavy atom. The summed E-state index contributed by atoms with van der Waals surface area (Å²) in [6, 6.07) is 1.26. The smallest absolute Gasteiger partial charge is 0.223 e. The fourth-order valence-electron chi connectivity index (χ4n) is 5.22. The second kappa shape index (κ2) is 7.30. The molecule has 0 aromatic heterocycles. The van der Waals surface area contributed by atoms with Crippen LogP contribution < -0.4 is 5.32 Å². The first kappa shape index (κ1) is 16.8. The van der Waals surface area contributed by atoms with Crippen LogP contribution in [0, 0.1) is 17.8 Å². The molecule has 5 nitrogen and oxygen atoms in total. The molecular formula is C19H33N3O2. The minimum atomic E-state index is 0.402. The third kappa shape index (κ3) is 3.35. The van der Waals surface area contributed by atoms with Gasteiger partial charge in [-0.05, 0) is 43.6 Å². The van der Waals surface area contributed by atoms with Crippen molar-refractivity contribution >= 4 is 5.91 Å². The van der Waals surface area contributed by atoms with E-state index in [1.807, 2.05) is 0 Å². The molecule has 2 aliphatic heterocycles. The van der Waals surface area contributed by atoms with Gasteiger partial charge in [0.25, 0.3) is 0 Å². The molecule has 0 aromatic carbocycles. The molecule has 4 atom stereocenters. The van der Waals surface area contributed by atoms with Gasteiger partial charge in [0.1, 0.15) is 0 Å². The summed E-state index contributed by atoms with van der Waals surface area (Å²) < 4.78 is 5.42. The molecule has 4 aliphatic rings. The van der Waals surface area contributed by atoms with Crippen molar-refractivity contribution in [1.29, 1.82) is 0 Å². The summed E-state index contributed by atoms with van der Waals surface area (Å²) >= 11 is 0. The first-order valence-corrected chi connectivity index (χ1v) is 10.1. The summed E-state index contributed by atoms with van der Waals surface area (Å²) in [5.74, 6) is 2.42. The molecular weight excluding hydrogens is 302 g/mol. The molecule has 0 bridgehead atoms. The second-order valence-electron chi connectivity index (χ2n) is 8.39. The molecule has 2 saturated carbocycles. The van der Waals surface area contributed by atoms with E-state index in [1.54, 1.807) is 0 Å². The van der Waals surface area contributed by atoms with E-state index in [9.17, 15) is 4.79 Å². The van der Waals surface area contributed by atoms with Crippen LogP contribution in [-0.4, -0.2) is 73.7 Å². The van der Waals surface area contributed by atoms with E-state index in [-0.39, 0.29) is 0 Å². The van der Waals surface area contributed by atoms with Gasteiger partial charge in [0.05, 0.1) is 13.2 Å². The van der Waals surface area contributed by atoms with Crippen molar-refractivity contribution in [2.75, 3.05) is 45.9 Å². The molecule has 2 heterocycles. The number of carbonyl (C=O) groups is 1.